The fraction of sp³-hybridized carbons (Fsp3) is 0.145. The second-order valence-corrected chi connectivity index (χ2v) is 33.4. The number of carboxylic acids is 1. The van der Waals surface area contributed by atoms with Crippen molar-refractivity contribution in [1.82, 2.24) is 39.4 Å². The predicted molar refractivity (Wildman–Crippen MR) is 439 cm³/mol. The number of carboxylic acid groups (broad SMARTS) is 1. The number of rotatable bonds is 13. The third kappa shape index (κ3) is 30.3. The third-order valence-electron chi connectivity index (χ3n) is 10.8. The van der Waals surface area contributed by atoms with E-state index in [9.17, 15) is 37.2 Å². The maximum atomic E-state index is 11.8. The quantitative estimate of drug-likeness (QED) is 0.0713. The van der Waals surface area contributed by atoms with Crippen molar-refractivity contribution in [2.75, 3.05) is 13.7 Å². The first kappa shape index (κ1) is 98.4. The topological polar surface area (TPSA) is 401 Å². The Hall–Kier alpha value is -3.98. The van der Waals surface area contributed by atoms with Gasteiger partial charge in [-0.1, -0.05) is 239 Å². The molecule has 4 N–H and O–H groups in total. The van der Waals surface area contributed by atoms with Crippen LogP contribution in [0.4, 0.5) is 0 Å². The number of aromatic carboxylic acids is 1. The van der Waals surface area contributed by atoms with Crippen molar-refractivity contribution in [3.63, 3.8) is 0 Å². The molecular formula is C55H32Cl18N12O15S10. The molecule has 0 spiro atoms. The van der Waals surface area contributed by atoms with E-state index in [-0.39, 0.29) is 134 Å². The molecule has 588 valence electrons. The minimum Gasteiger partial charge on any atom is -0.477 e. The normalized spacial score (nSPS) is 10.9. The number of nitrogens with zero attached hydrogens (tertiary/aromatic N) is 11. The number of carbonyl (C=O) groups excluding carboxylic acids is 5. The summed E-state index contributed by atoms with van der Waals surface area (Å²) in [6, 6.07) is 17.1. The van der Waals surface area contributed by atoms with Crippen LogP contribution in [-0.2, 0) is 64.9 Å². The fourth-order valence-corrected chi connectivity index (χ4v) is 16.8. The standard InChI is InChI=1S/C11H6Cl2N2O3S2.C11H7Cl2NO2S.2C6H5Cl2NO2S.C5H3Cl2NO2S.C4H2Cl2N2OS.C4Cl2N2S.C4HCl2NO2S.C4H3Cl2NOS/c12-9-7(19-14-10(9)13)5-18-11-6-3-1-2-4-8(6)20(16,17)15-11;12-9-8(17-14-10(9)13)6-16-11(15)7-4-2-1-3-5-7;1-3(10)11-2-4-5(7)6(8)9-12-4;1-2-11-6(10)4-3(7)5(8)9-12-4;1-10-5(9)3-2(6)4(7)8-11-3;5-1-2(4(7)9)10-8-3(1)6;5-3-2(1-7)9-8-4(3)6;5-1-2(4(8)9)10-7-3(1)6;5-3-2(1-8)9-7-4(3)6/h1-4H,5H2;1-5H,6H2;2*2H2,1H3;1H3;(H2,7,9);;(H,8,9);8H,1H2. The van der Waals surface area contributed by atoms with Crippen LogP contribution in [0.5, 0.6) is 0 Å². The number of halogens is 18. The van der Waals surface area contributed by atoms with Crippen LogP contribution in [0.2, 0.25) is 91.6 Å². The molecule has 2 aromatic carbocycles. The van der Waals surface area contributed by atoms with Gasteiger partial charge in [0.25, 0.3) is 15.9 Å². The van der Waals surface area contributed by atoms with Gasteiger partial charge in [0.05, 0.1) is 71.0 Å². The van der Waals surface area contributed by atoms with Gasteiger partial charge in [-0.25, -0.2) is 19.2 Å². The van der Waals surface area contributed by atoms with E-state index in [2.05, 4.69) is 48.5 Å². The number of aromatic nitrogens is 9. The van der Waals surface area contributed by atoms with Gasteiger partial charge in [-0.05, 0) is 135 Å². The van der Waals surface area contributed by atoms with E-state index in [4.69, 9.17) is 249 Å². The van der Waals surface area contributed by atoms with E-state index < -0.39 is 39.8 Å². The van der Waals surface area contributed by atoms with E-state index in [1.165, 1.54) is 20.1 Å². The van der Waals surface area contributed by atoms with Gasteiger partial charge in [0.1, 0.15) is 65.7 Å². The second-order valence-electron chi connectivity index (χ2n) is 18.0. The summed E-state index contributed by atoms with van der Waals surface area (Å²) in [6.07, 6.45) is 0. The van der Waals surface area contributed by atoms with Crippen LogP contribution >= 0.6 is 313 Å². The van der Waals surface area contributed by atoms with Crippen molar-refractivity contribution >= 4 is 364 Å². The van der Waals surface area contributed by atoms with Crippen LogP contribution in [0.25, 0.3) is 0 Å². The van der Waals surface area contributed by atoms with Crippen LogP contribution in [0, 0.1) is 11.3 Å². The minimum absolute atomic E-state index is 0.0131. The first-order valence-corrected chi connectivity index (χ1v) is 42.5. The van der Waals surface area contributed by atoms with Gasteiger partial charge >= 0.3 is 29.8 Å². The smallest absolute Gasteiger partial charge is 0.351 e. The highest BCUT2D eigenvalue weighted by atomic mass is 35.5. The zero-order valence-corrected chi connectivity index (χ0v) is 75.1. The molecule has 0 aliphatic carbocycles. The monoisotopic (exact) mass is 2050 g/mol. The average molecular weight is 2060 g/mol. The maximum Gasteiger partial charge on any atom is 0.351 e. The number of benzene rings is 2. The Balaban J connectivity index is 0.000000265. The highest BCUT2D eigenvalue weighted by molar-refractivity contribution is 7.90. The Kier molecular flexibility index (Phi) is 44.0. The number of sulfonamides is 1. The third-order valence-corrected chi connectivity index (χ3v) is 28.2. The van der Waals surface area contributed by atoms with E-state index >= 15 is 0 Å². The molecule has 27 nitrogen and oxygen atoms in total. The van der Waals surface area contributed by atoms with E-state index in [0.717, 1.165) is 104 Å². The van der Waals surface area contributed by atoms with Crippen molar-refractivity contribution in [3.8, 4) is 6.07 Å². The highest BCUT2D eigenvalue weighted by Crippen LogP contribution is 2.36. The average Bonchev–Trinajstić information content (AvgIpc) is 1.62. The van der Waals surface area contributed by atoms with E-state index in [0.29, 0.717) is 62.2 Å². The zero-order chi connectivity index (χ0) is 82.4. The number of carbonyl (C=O) groups is 6. The Morgan fingerprint density at radius 2 is 0.836 bits per heavy atom. The van der Waals surface area contributed by atoms with Gasteiger partial charge in [-0.3, -0.25) is 9.59 Å². The molecule has 0 bridgehead atoms. The van der Waals surface area contributed by atoms with Crippen molar-refractivity contribution in [3.05, 3.63) is 201 Å². The first-order valence-electron chi connectivity index (χ1n) is 27.3. The number of primary amides is 1. The van der Waals surface area contributed by atoms with Gasteiger partial charge in [-0.2, -0.15) is 53.0 Å². The summed E-state index contributed by atoms with van der Waals surface area (Å²) in [4.78, 5) is 68.4. The van der Waals surface area contributed by atoms with E-state index in [1.54, 1.807) is 49.4 Å². The minimum atomic E-state index is -3.67. The lowest BCUT2D eigenvalue weighted by atomic mass is 10.2. The lowest BCUT2D eigenvalue weighted by Gasteiger charge is -2.04. The number of ether oxygens (including phenoxy) is 5. The molecule has 0 fully saturated rings. The molecule has 1 aliphatic heterocycles. The van der Waals surface area contributed by atoms with Crippen molar-refractivity contribution < 1.29 is 71.1 Å². The summed E-state index contributed by atoms with van der Waals surface area (Å²) < 4.78 is 85.0. The Morgan fingerprint density at radius 1 is 0.464 bits per heavy atom. The van der Waals surface area contributed by atoms with Crippen LogP contribution in [0.1, 0.15) is 92.8 Å². The molecule has 0 atom stereocenters. The number of nitriles is 1. The summed E-state index contributed by atoms with van der Waals surface area (Å²) >= 11 is 109. The summed E-state index contributed by atoms with van der Waals surface area (Å²) in [5, 5.41) is 29.0. The van der Waals surface area contributed by atoms with Crippen LogP contribution in [0.15, 0.2) is 63.9 Å². The number of nitrogens with two attached hydrogens (primary N) is 1. The molecule has 0 radical (unpaired) electrons. The Bertz CT molecular complexity index is 5130. The molecule has 55 heteroatoms. The molecule has 1 aliphatic rings. The summed E-state index contributed by atoms with van der Waals surface area (Å²) in [5.74, 6) is -3.39. The highest BCUT2D eigenvalue weighted by Gasteiger charge is 2.30. The molecule has 110 heavy (non-hydrogen) atoms. The molecule has 12 rings (SSSR count). The van der Waals surface area contributed by atoms with Crippen molar-refractivity contribution in [1.29, 1.82) is 5.26 Å². The molecule has 11 aromatic rings. The number of hydrogen-bond donors (Lipinski definition) is 3. The van der Waals surface area contributed by atoms with Crippen LogP contribution < -0.4 is 5.73 Å². The van der Waals surface area contributed by atoms with Gasteiger partial charge in [-0.15, -0.1) is 4.40 Å². The van der Waals surface area contributed by atoms with Gasteiger partial charge in [0, 0.05) is 6.92 Å². The number of aliphatic hydroxyl groups is 1. The number of fused-ring (bicyclic) bond motifs is 1. The SMILES string of the molecule is CC(=O)OCc1snc(Cl)c1Cl.CCOC(=O)c1snc(Cl)c1Cl.COC(=O)c1snc(Cl)c1Cl.N#Cc1snc(Cl)c1Cl.NC(=O)c1snc(Cl)c1Cl.O=C(O)c1snc(Cl)c1Cl.O=C(OCc1snc(Cl)c1Cl)c1ccccc1.O=S1(=O)N=C(OCc2snc(Cl)c2Cl)c2ccccc21.OCc1snc(Cl)c1Cl. The van der Waals surface area contributed by atoms with Gasteiger partial charge in [0.2, 0.25) is 5.90 Å². The van der Waals surface area contributed by atoms with Crippen LogP contribution in [0.3, 0.4) is 0 Å². The molecule has 0 saturated heterocycles. The number of hydrogen-bond acceptors (Lipinski definition) is 33. The van der Waals surface area contributed by atoms with E-state index in [1.807, 2.05) is 12.1 Å². The summed E-state index contributed by atoms with van der Waals surface area (Å²) in [6.45, 7) is 3.54. The first-order chi connectivity index (χ1) is 51.9. The summed E-state index contributed by atoms with van der Waals surface area (Å²) in [7, 11) is -2.40. The Labute approximate surface area is 747 Å². The van der Waals surface area contributed by atoms with Gasteiger partial charge in [0.15, 0.2) is 61.0 Å². The Morgan fingerprint density at radius 3 is 1.16 bits per heavy atom. The van der Waals surface area contributed by atoms with Crippen molar-refractivity contribution in [2.45, 2.75) is 45.2 Å². The second kappa shape index (κ2) is 49.2. The van der Waals surface area contributed by atoms with Gasteiger partial charge < -0.3 is 39.6 Å². The molecule has 10 heterocycles. The molecule has 1 amide bonds. The molecule has 0 unspecified atom stereocenters. The molecule has 0 saturated carbocycles. The number of esters is 4. The van der Waals surface area contributed by atoms with Crippen LogP contribution in [-0.4, -0.2) is 113 Å². The molecular weight excluding hydrogens is 2030 g/mol. The number of amides is 1. The predicted octanol–water partition coefficient (Wildman–Crippen LogP) is 22.3. The summed E-state index contributed by atoms with van der Waals surface area (Å²) in [5.41, 5.74) is 5.86. The lowest BCUT2D eigenvalue weighted by molar-refractivity contribution is -0.142. The number of methoxy groups -OCH3 is 1. The van der Waals surface area contributed by atoms with Crippen molar-refractivity contribution in [2.24, 2.45) is 10.1 Å². The maximum absolute atomic E-state index is 11.8. The number of aliphatic hydroxyl groups excluding tert-OH is 1. The zero-order valence-electron chi connectivity index (χ0n) is 53.3. The molecule has 9 aromatic heterocycles. The lowest BCUT2D eigenvalue weighted by Crippen LogP contribution is -2.08. The largest absolute Gasteiger partial charge is 0.477 e. The fourth-order valence-electron chi connectivity index (χ4n) is 5.99.